The van der Waals surface area contributed by atoms with E-state index < -0.39 is 0 Å². The number of aromatic nitrogens is 2. The zero-order valence-corrected chi connectivity index (χ0v) is 13.3. The molecule has 1 aromatic rings. The van der Waals surface area contributed by atoms with Gasteiger partial charge in [0.15, 0.2) is 0 Å². The van der Waals surface area contributed by atoms with Crippen LogP contribution in [0.25, 0.3) is 0 Å². The van der Waals surface area contributed by atoms with Crippen LogP contribution in [0, 0.1) is 5.92 Å². The molecule has 2 atom stereocenters. The summed E-state index contributed by atoms with van der Waals surface area (Å²) < 4.78 is 2.07. The van der Waals surface area contributed by atoms with Crippen LogP contribution in [0.2, 0.25) is 0 Å². The van der Waals surface area contributed by atoms with Crippen molar-refractivity contribution in [1.82, 2.24) is 15.1 Å². The maximum absolute atomic E-state index is 4.57. The summed E-state index contributed by atoms with van der Waals surface area (Å²) in [6.07, 6.45) is 4.72. The van der Waals surface area contributed by atoms with Crippen LogP contribution >= 0.6 is 11.8 Å². The Bertz CT molecular complexity index is 383. The van der Waals surface area contributed by atoms with Crippen molar-refractivity contribution >= 4 is 11.8 Å². The van der Waals surface area contributed by atoms with Gasteiger partial charge in [-0.05, 0) is 49.3 Å². The van der Waals surface area contributed by atoms with Crippen molar-refractivity contribution in [1.29, 1.82) is 0 Å². The van der Waals surface area contributed by atoms with Crippen molar-refractivity contribution in [3.63, 3.8) is 0 Å². The molecule has 2 heterocycles. The number of thioether (sulfide) groups is 1. The maximum Gasteiger partial charge on any atom is 0.0624 e. The summed E-state index contributed by atoms with van der Waals surface area (Å²) >= 11 is 2.11. The molecule has 1 fully saturated rings. The third-order valence-electron chi connectivity index (χ3n) is 4.01. The Kier molecular flexibility index (Phi) is 5.76. The van der Waals surface area contributed by atoms with E-state index in [-0.39, 0.29) is 0 Å². The predicted octanol–water partition coefficient (Wildman–Crippen LogP) is 2.65. The maximum atomic E-state index is 4.57. The zero-order chi connectivity index (χ0) is 13.7. The Balaban J connectivity index is 2.02. The number of rotatable bonds is 7. The second kappa shape index (κ2) is 7.34. The molecule has 0 aliphatic carbocycles. The van der Waals surface area contributed by atoms with Crippen LogP contribution in [0.4, 0.5) is 0 Å². The molecule has 0 bridgehead atoms. The van der Waals surface area contributed by atoms with Gasteiger partial charge in [0.1, 0.15) is 0 Å². The molecule has 1 aliphatic rings. The van der Waals surface area contributed by atoms with E-state index in [1.807, 2.05) is 0 Å². The molecule has 1 aromatic heterocycles. The third-order valence-corrected chi connectivity index (χ3v) is 5.20. The van der Waals surface area contributed by atoms with Crippen LogP contribution < -0.4 is 5.32 Å². The monoisotopic (exact) mass is 281 g/mol. The summed E-state index contributed by atoms with van der Waals surface area (Å²) in [4.78, 5) is 0. The molecule has 2 rings (SSSR count). The minimum Gasteiger partial charge on any atom is -0.313 e. The van der Waals surface area contributed by atoms with E-state index in [1.54, 1.807) is 0 Å². The summed E-state index contributed by atoms with van der Waals surface area (Å²) in [5.74, 6) is 3.48. The molecule has 1 N–H and O–H groups in total. The Morgan fingerprint density at radius 1 is 1.53 bits per heavy atom. The number of aryl methyl sites for hydroxylation is 2. The lowest BCUT2D eigenvalue weighted by atomic mass is 9.94. The predicted molar refractivity (Wildman–Crippen MR) is 83.8 cm³/mol. The smallest absolute Gasteiger partial charge is 0.0624 e. The summed E-state index contributed by atoms with van der Waals surface area (Å²) in [5, 5.41) is 8.33. The fourth-order valence-electron chi connectivity index (χ4n) is 2.77. The highest BCUT2D eigenvalue weighted by Crippen LogP contribution is 2.28. The second-order valence-electron chi connectivity index (χ2n) is 5.49. The van der Waals surface area contributed by atoms with Crippen molar-refractivity contribution in [2.24, 2.45) is 13.0 Å². The third kappa shape index (κ3) is 3.99. The molecule has 0 radical (unpaired) electrons. The fourth-order valence-corrected chi connectivity index (χ4v) is 4.10. The minimum absolute atomic E-state index is 0.620. The van der Waals surface area contributed by atoms with Gasteiger partial charge in [0, 0.05) is 25.2 Å². The van der Waals surface area contributed by atoms with Crippen molar-refractivity contribution in [3.05, 3.63) is 17.5 Å². The molecule has 1 saturated heterocycles. The molecule has 0 saturated carbocycles. The first kappa shape index (κ1) is 14.9. The summed E-state index contributed by atoms with van der Waals surface area (Å²) in [7, 11) is 2.08. The van der Waals surface area contributed by atoms with Gasteiger partial charge in [0.25, 0.3) is 0 Å². The normalized spacial score (nSPS) is 20.9. The largest absolute Gasteiger partial charge is 0.313 e. The highest BCUT2D eigenvalue weighted by Gasteiger charge is 2.26. The van der Waals surface area contributed by atoms with Crippen molar-refractivity contribution in [3.8, 4) is 0 Å². The van der Waals surface area contributed by atoms with Crippen molar-refractivity contribution in [2.75, 3.05) is 18.1 Å². The van der Waals surface area contributed by atoms with Gasteiger partial charge >= 0.3 is 0 Å². The van der Waals surface area contributed by atoms with E-state index in [0.29, 0.717) is 6.04 Å². The fraction of sp³-hybridized carbons (Fsp3) is 0.800. The van der Waals surface area contributed by atoms with Gasteiger partial charge in [-0.25, -0.2) is 0 Å². The molecule has 1 aliphatic heterocycles. The first-order chi connectivity index (χ1) is 9.24. The van der Waals surface area contributed by atoms with Gasteiger partial charge in [-0.1, -0.05) is 13.8 Å². The van der Waals surface area contributed by atoms with Crippen LogP contribution in [0.3, 0.4) is 0 Å². The molecule has 19 heavy (non-hydrogen) atoms. The Morgan fingerprint density at radius 3 is 2.95 bits per heavy atom. The van der Waals surface area contributed by atoms with Gasteiger partial charge in [0.05, 0.1) is 5.69 Å². The highest BCUT2D eigenvalue weighted by atomic mass is 32.2. The Morgan fingerprint density at radius 2 is 2.37 bits per heavy atom. The average Bonchev–Trinajstić information content (AvgIpc) is 3.04. The quantitative estimate of drug-likeness (QED) is 0.833. The number of nitrogens with zero attached hydrogens (tertiary/aromatic N) is 2. The second-order valence-corrected chi connectivity index (χ2v) is 6.64. The lowest BCUT2D eigenvalue weighted by molar-refractivity contribution is 0.373. The first-order valence-corrected chi connectivity index (χ1v) is 8.73. The van der Waals surface area contributed by atoms with E-state index in [9.17, 15) is 0 Å². The lowest BCUT2D eigenvalue weighted by Gasteiger charge is -2.24. The molecular formula is C15H27N3S. The first-order valence-electron chi connectivity index (χ1n) is 7.57. The average molecular weight is 281 g/mol. The van der Waals surface area contributed by atoms with Crippen molar-refractivity contribution < 1.29 is 0 Å². The van der Waals surface area contributed by atoms with E-state index in [2.05, 4.69) is 53.8 Å². The van der Waals surface area contributed by atoms with Crippen LogP contribution in [0.1, 0.15) is 38.1 Å². The van der Waals surface area contributed by atoms with Gasteiger partial charge in [0.2, 0.25) is 0 Å². The number of hydrogen-bond donors (Lipinski definition) is 1. The Labute approximate surface area is 121 Å². The number of hydrogen-bond acceptors (Lipinski definition) is 3. The van der Waals surface area contributed by atoms with Gasteiger partial charge < -0.3 is 5.32 Å². The van der Waals surface area contributed by atoms with E-state index in [0.717, 1.165) is 25.3 Å². The molecule has 0 aromatic carbocycles. The standard InChI is InChI=1S/C15H27N3S/c1-4-7-16-15(12-6-8-19-11-12)10-14-9-13(5-2)17-18(14)3/h9,12,15-16H,4-8,10-11H2,1-3H3. The molecule has 0 amide bonds. The zero-order valence-electron chi connectivity index (χ0n) is 12.5. The van der Waals surface area contributed by atoms with Crippen LogP contribution in [-0.4, -0.2) is 33.9 Å². The number of nitrogens with one attached hydrogen (secondary N) is 1. The van der Waals surface area contributed by atoms with Gasteiger partial charge in [-0.2, -0.15) is 16.9 Å². The molecule has 2 unspecified atom stereocenters. The van der Waals surface area contributed by atoms with Crippen LogP contribution in [0.15, 0.2) is 6.07 Å². The van der Waals surface area contributed by atoms with E-state index in [1.165, 1.54) is 35.7 Å². The van der Waals surface area contributed by atoms with Crippen LogP contribution in [-0.2, 0) is 19.9 Å². The SMILES string of the molecule is CCCNC(Cc1cc(CC)nn1C)C1CCSC1. The minimum atomic E-state index is 0.620. The topological polar surface area (TPSA) is 29.9 Å². The van der Waals surface area contributed by atoms with Gasteiger partial charge in [-0.3, -0.25) is 4.68 Å². The molecule has 4 heteroatoms. The summed E-state index contributed by atoms with van der Waals surface area (Å²) in [6.45, 7) is 5.55. The lowest BCUT2D eigenvalue weighted by Crippen LogP contribution is -2.39. The van der Waals surface area contributed by atoms with E-state index >= 15 is 0 Å². The van der Waals surface area contributed by atoms with E-state index in [4.69, 9.17) is 0 Å². The molecule has 108 valence electrons. The van der Waals surface area contributed by atoms with Crippen LogP contribution in [0.5, 0.6) is 0 Å². The molecular weight excluding hydrogens is 254 g/mol. The molecule has 0 spiro atoms. The molecule has 3 nitrogen and oxygen atoms in total. The summed E-state index contributed by atoms with van der Waals surface area (Å²) in [6, 6.07) is 2.90. The van der Waals surface area contributed by atoms with Gasteiger partial charge in [-0.15, -0.1) is 0 Å². The summed E-state index contributed by atoms with van der Waals surface area (Å²) in [5.41, 5.74) is 2.59. The highest BCUT2D eigenvalue weighted by molar-refractivity contribution is 7.99. The van der Waals surface area contributed by atoms with Crippen molar-refractivity contribution in [2.45, 2.75) is 45.6 Å². The Hall–Kier alpha value is -0.480.